The van der Waals surface area contributed by atoms with Crippen LogP contribution in [0.3, 0.4) is 0 Å². The Balaban J connectivity index is 1.64. The predicted molar refractivity (Wildman–Crippen MR) is 99.2 cm³/mol. The minimum Gasteiger partial charge on any atom is -0.359 e. The van der Waals surface area contributed by atoms with Crippen molar-refractivity contribution in [1.29, 1.82) is 0 Å². The van der Waals surface area contributed by atoms with E-state index in [1.54, 1.807) is 6.33 Å². The minimum atomic E-state index is 0.793. The Morgan fingerprint density at radius 1 is 1.08 bits per heavy atom. The first-order chi connectivity index (χ1) is 11.8. The van der Waals surface area contributed by atoms with Crippen molar-refractivity contribution in [1.82, 2.24) is 15.0 Å². The number of benzene rings is 1. The number of aromatic nitrogens is 3. The molecule has 0 radical (unpaired) electrons. The molecular weight excluding hydrogens is 296 g/mol. The van der Waals surface area contributed by atoms with Crippen LogP contribution < -0.4 is 4.90 Å². The van der Waals surface area contributed by atoms with Gasteiger partial charge in [-0.2, -0.15) is 0 Å². The lowest BCUT2D eigenvalue weighted by atomic mass is 9.89. The van der Waals surface area contributed by atoms with E-state index >= 15 is 0 Å². The highest BCUT2D eigenvalue weighted by atomic mass is 15.2. The second kappa shape index (κ2) is 6.63. The first kappa shape index (κ1) is 15.2. The number of nitrogens with zero attached hydrogens (tertiary/aromatic N) is 3. The molecule has 4 rings (SSSR count). The van der Waals surface area contributed by atoms with Gasteiger partial charge in [0, 0.05) is 19.3 Å². The number of nitrogens with one attached hydrogen (secondary N) is 1. The van der Waals surface area contributed by atoms with E-state index in [0.717, 1.165) is 35.0 Å². The zero-order valence-corrected chi connectivity index (χ0v) is 14.2. The second-order valence-electron chi connectivity index (χ2n) is 6.89. The van der Waals surface area contributed by atoms with Crippen molar-refractivity contribution < 1.29 is 0 Å². The second-order valence-corrected chi connectivity index (χ2v) is 6.89. The van der Waals surface area contributed by atoms with Crippen molar-refractivity contribution in [2.24, 2.45) is 5.92 Å². The number of anilines is 1. The van der Waals surface area contributed by atoms with Crippen LogP contribution in [0.4, 0.5) is 5.82 Å². The van der Waals surface area contributed by atoms with E-state index in [9.17, 15) is 0 Å². The summed E-state index contributed by atoms with van der Waals surface area (Å²) in [4.78, 5) is 14.7. The Morgan fingerprint density at radius 3 is 2.67 bits per heavy atom. The third-order valence-electron chi connectivity index (χ3n) is 5.11. The van der Waals surface area contributed by atoms with Gasteiger partial charge in [-0.25, -0.2) is 9.97 Å². The summed E-state index contributed by atoms with van der Waals surface area (Å²) in [7, 11) is 2.16. The van der Waals surface area contributed by atoms with E-state index in [-0.39, 0.29) is 0 Å². The van der Waals surface area contributed by atoms with Crippen molar-refractivity contribution in [3.05, 3.63) is 42.7 Å². The molecule has 24 heavy (non-hydrogen) atoms. The van der Waals surface area contributed by atoms with E-state index in [4.69, 9.17) is 0 Å². The predicted octanol–water partition coefficient (Wildman–Crippen LogP) is 4.64. The van der Waals surface area contributed by atoms with Crippen LogP contribution in [0.1, 0.15) is 32.1 Å². The summed E-state index contributed by atoms with van der Waals surface area (Å²) in [5.74, 6) is 1.82. The minimum absolute atomic E-state index is 0.793. The average molecular weight is 320 g/mol. The molecule has 4 nitrogen and oxygen atoms in total. The van der Waals surface area contributed by atoms with Crippen molar-refractivity contribution in [3.8, 4) is 11.3 Å². The maximum absolute atomic E-state index is 4.57. The molecule has 0 bridgehead atoms. The maximum Gasteiger partial charge on any atom is 0.143 e. The van der Waals surface area contributed by atoms with Gasteiger partial charge in [-0.15, -0.1) is 0 Å². The molecule has 0 aliphatic heterocycles. The molecule has 3 aromatic rings. The molecule has 1 saturated carbocycles. The Kier molecular flexibility index (Phi) is 4.20. The van der Waals surface area contributed by atoms with Gasteiger partial charge >= 0.3 is 0 Å². The fourth-order valence-corrected chi connectivity index (χ4v) is 3.85. The summed E-state index contributed by atoms with van der Waals surface area (Å²) in [5, 5.41) is 1.11. The highest BCUT2D eigenvalue weighted by molar-refractivity contribution is 5.91. The summed E-state index contributed by atoms with van der Waals surface area (Å²) in [6.07, 6.45) is 8.51. The molecule has 0 atom stereocenters. The molecule has 0 amide bonds. The van der Waals surface area contributed by atoms with E-state index in [0.29, 0.717) is 0 Å². The first-order valence-corrected chi connectivity index (χ1v) is 8.91. The van der Waals surface area contributed by atoms with Crippen LogP contribution in [-0.2, 0) is 0 Å². The molecule has 2 aromatic heterocycles. The van der Waals surface area contributed by atoms with Gasteiger partial charge in [0.05, 0.1) is 5.39 Å². The molecule has 1 aliphatic rings. The van der Waals surface area contributed by atoms with Crippen molar-refractivity contribution in [3.63, 3.8) is 0 Å². The molecule has 0 unspecified atom stereocenters. The van der Waals surface area contributed by atoms with Gasteiger partial charge in [0.15, 0.2) is 0 Å². The molecule has 2 heterocycles. The number of hydrogen-bond acceptors (Lipinski definition) is 3. The number of hydrogen-bond donors (Lipinski definition) is 1. The zero-order valence-electron chi connectivity index (χ0n) is 14.2. The first-order valence-electron chi connectivity index (χ1n) is 8.91. The van der Waals surface area contributed by atoms with Gasteiger partial charge in [-0.05, 0) is 30.4 Å². The Morgan fingerprint density at radius 2 is 1.88 bits per heavy atom. The number of rotatable bonds is 4. The summed E-state index contributed by atoms with van der Waals surface area (Å²) < 4.78 is 0. The quantitative estimate of drug-likeness (QED) is 0.761. The lowest BCUT2D eigenvalue weighted by molar-refractivity contribution is 0.362. The average Bonchev–Trinajstić information content (AvgIpc) is 3.07. The third kappa shape index (κ3) is 3.01. The van der Waals surface area contributed by atoms with Gasteiger partial charge in [-0.1, -0.05) is 49.6 Å². The fourth-order valence-electron chi connectivity index (χ4n) is 3.85. The zero-order chi connectivity index (χ0) is 16.4. The molecular formula is C20H24N4. The van der Waals surface area contributed by atoms with E-state index < -0.39 is 0 Å². The van der Waals surface area contributed by atoms with Crippen LogP contribution in [0.5, 0.6) is 0 Å². The van der Waals surface area contributed by atoms with Gasteiger partial charge in [-0.3, -0.25) is 0 Å². The summed E-state index contributed by atoms with van der Waals surface area (Å²) in [6, 6.07) is 12.6. The van der Waals surface area contributed by atoms with Crippen molar-refractivity contribution in [2.45, 2.75) is 32.1 Å². The highest BCUT2D eigenvalue weighted by Gasteiger charge is 2.18. The van der Waals surface area contributed by atoms with Crippen LogP contribution in [-0.4, -0.2) is 28.5 Å². The lowest BCUT2D eigenvalue weighted by Crippen LogP contribution is -2.27. The molecule has 4 heteroatoms. The van der Waals surface area contributed by atoms with E-state index in [1.807, 2.05) is 6.07 Å². The Labute approximate surface area is 142 Å². The summed E-state index contributed by atoms with van der Waals surface area (Å²) >= 11 is 0. The topological polar surface area (TPSA) is 44.8 Å². The Bertz CT molecular complexity index is 803. The third-order valence-corrected chi connectivity index (χ3v) is 5.11. The molecule has 124 valence electrons. The SMILES string of the molecule is CN(CC1CCCCC1)c1ncnc2[nH]c(-c3ccccc3)cc12. The van der Waals surface area contributed by atoms with Gasteiger partial charge in [0.1, 0.15) is 17.8 Å². The van der Waals surface area contributed by atoms with Crippen LogP contribution in [0.25, 0.3) is 22.3 Å². The van der Waals surface area contributed by atoms with Crippen molar-refractivity contribution >= 4 is 16.9 Å². The molecule has 1 N–H and O–H groups in total. The molecule has 1 aliphatic carbocycles. The molecule has 0 saturated heterocycles. The van der Waals surface area contributed by atoms with Crippen molar-refractivity contribution in [2.75, 3.05) is 18.5 Å². The summed E-state index contributed by atoms with van der Waals surface area (Å²) in [5.41, 5.74) is 3.18. The fraction of sp³-hybridized carbons (Fsp3) is 0.400. The van der Waals surface area contributed by atoms with Crippen LogP contribution >= 0.6 is 0 Å². The largest absolute Gasteiger partial charge is 0.359 e. The lowest BCUT2D eigenvalue weighted by Gasteiger charge is -2.27. The normalized spacial score (nSPS) is 15.7. The smallest absolute Gasteiger partial charge is 0.143 e. The standard InChI is InChI=1S/C20H24N4/c1-24(13-15-8-4-2-5-9-15)20-17-12-18(16-10-6-3-7-11-16)23-19(17)21-14-22-20/h3,6-7,10-12,14-15H,2,4-5,8-9,13H2,1H3,(H,21,22,23). The molecule has 1 fully saturated rings. The number of aromatic amines is 1. The molecule has 1 aromatic carbocycles. The number of H-pyrrole nitrogens is 1. The van der Waals surface area contributed by atoms with E-state index in [1.165, 1.54) is 37.7 Å². The van der Waals surface area contributed by atoms with Gasteiger partial charge in [0.2, 0.25) is 0 Å². The number of fused-ring (bicyclic) bond motifs is 1. The maximum atomic E-state index is 4.57. The summed E-state index contributed by atoms with van der Waals surface area (Å²) in [6.45, 7) is 1.08. The van der Waals surface area contributed by atoms with Gasteiger partial charge < -0.3 is 9.88 Å². The Hall–Kier alpha value is -2.36. The van der Waals surface area contributed by atoms with Crippen LogP contribution in [0, 0.1) is 5.92 Å². The molecule has 0 spiro atoms. The van der Waals surface area contributed by atoms with Crippen LogP contribution in [0.15, 0.2) is 42.7 Å². The van der Waals surface area contributed by atoms with E-state index in [2.05, 4.69) is 57.2 Å². The monoisotopic (exact) mass is 320 g/mol. The van der Waals surface area contributed by atoms with Gasteiger partial charge in [0.25, 0.3) is 0 Å². The highest BCUT2D eigenvalue weighted by Crippen LogP contribution is 2.30. The van der Waals surface area contributed by atoms with Crippen LogP contribution in [0.2, 0.25) is 0 Å².